The number of rotatable bonds is 3. The lowest BCUT2D eigenvalue weighted by atomic mass is 9.68. The Morgan fingerprint density at radius 2 is 1.96 bits per heavy atom. The first kappa shape index (κ1) is 19.1. The lowest BCUT2D eigenvalue weighted by Crippen LogP contribution is -2.38. The molecule has 1 aliphatic heterocycles. The minimum Gasteiger partial charge on any atom is -0.497 e. The Kier molecular flexibility index (Phi) is 4.84. The van der Waals surface area contributed by atoms with Crippen LogP contribution in [-0.4, -0.2) is 26.0 Å². The van der Waals surface area contributed by atoms with Gasteiger partial charge in [-0.3, -0.25) is 4.79 Å². The fraction of sp³-hybridized carbons (Fsp3) is 0.429. The number of carbonyl (C=O) groups is 2. The zero-order chi connectivity index (χ0) is 19.9. The molecule has 1 heterocycles. The van der Waals surface area contributed by atoms with Gasteiger partial charge in [-0.05, 0) is 24.8 Å². The Hall–Kier alpha value is -2.63. The lowest BCUT2D eigenvalue weighted by molar-refractivity contribution is -0.136. The number of allylic oxidation sites excluding steroid dienone is 3. The number of dihydropyridines is 1. The summed E-state index contributed by atoms with van der Waals surface area (Å²) >= 11 is 0. The van der Waals surface area contributed by atoms with Crippen LogP contribution in [0.15, 0.2) is 40.7 Å². The number of Topliss-reactive ketones (excluding diaryl/α,β-unsaturated/α-hetero) is 1. The minimum atomic E-state index is -0.803. The number of ketones is 1. The molecule has 3 rings (SSSR count). The number of ether oxygens (including phenoxy) is 2. The zero-order valence-corrected chi connectivity index (χ0v) is 16.2. The summed E-state index contributed by atoms with van der Waals surface area (Å²) in [4.78, 5) is 25.5. The Bertz CT molecular complexity index is 882. The first-order chi connectivity index (χ1) is 12.7. The van der Waals surface area contributed by atoms with E-state index < -0.39 is 17.7 Å². The average molecular weight is 373 g/mol. The van der Waals surface area contributed by atoms with Crippen LogP contribution in [0.2, 0.25) is 0 Å². The molecule has 1 atom stereocenters. The molecular weight excluding hydrogens is 349 g/mol. The van der Waals surface area contributed by atoms with E-state index in [1.165, 1.54) is 20.3 Å². The van der Waals surface area contributed by atoms with Gasteiger partial charge >= 0.3 is 5.97 Å². The lowest BCUT2D eigenvalue weighted by Gasteiger charge is -2.39. The van der Waals surface area contributed by atoms with E-state index in [0.29, 0.717) is 29.9 Å². The molecule has 2 aliphatic rings. The van der Waals surface area contributed by atoms with Crippen molar-refractivity contribution in [3.8, 4) is 5.75 Å². The largest absolute Gasteiger partial charge is 0.497 e. The number of hydrogen-bond acceptors (Lipinski definition) is 5. The van der Waals surface area contributed by atoms with Crippen molar-refractivity contribution in [3.05, 3.63) is 52.1 Å². The van der Waals surface area contributed by atoms with Crippen LogP contribution in [0.25, 0.3) is 0 Å². The zero-order valence-electron chi connectivity index (χ0n) is 16.2. The molecule has 0 aromatic heterocycles. The molecule has 144 valence electrons. The summed E-state index contributed by atoms with van der Waals surface area (Å²) in [5.41, 5.74) is 2.10. The number of methoxy groups -OCH3 is 2. The standard InChI is InChI=1S/C21H24FNO4/c1-11-17(20(25)27-5)18(13-7-6-12(26-4)8-14(13)22)19-15(23-11)9-21(2,3)10-16(19)24/h6-8,18,23H,9-10H2,1-5H3/t18-/m0/s1. The second kappa shape index (κ2) is 6.83. The van der Waals surface area contributed by atoms with Crippen molar-refractivity contribution in [1.29, 1.82) is 0 Å². The molecule has 6 heteroatoms. The van der Waals surface area contributed by atoms with Gasteiger partial charge in [0.15, 0.2) is 5.78 Å². The van der Waals surface area contributed by atoms with Crippen molar-refractivity contribution < 1.29 is 23.5 Å². The number of esters is 1. The Morgan fingerprint density at radius 1 is 1.26 bits per heavy atom. The highest BCUT2D eigenvalue weighted by molar-refractivity contribution is 6.04. The summed E-state index contributed by atoms with van der Waals surface area (Å²) in [6, 6.07) is 4.46. The van der Waals surface area contributed by atoms with E-state index in [1.54, 1.807) is 19.1 Å². The van der Waals surface area contributed by atoms with Crippen LogP contribution in [0.4, 0.5) is 4.39 Å². The number of nitrogens with one attached hydrogen (secondary N) is 1. The van der Waals surface area contributed by atoms with Crippen molar-refractivity contribution in [2.45, 2.75) is 39.5 Å². The van der Waals surface area contributed by atoms with Gasteiger partial charge in [0.05, 0.1) is 25.7 Å². The second-order valence-electron chi connectivity index (χ2n) is 7.81. The summed E-state index contributed by atoms with van der Waals surface area (Å²) in [6.45, 7) is 5.79. The molecule has 1 N–H and O–H groups in total. The topological polar surface area (TPSA) is 64.6 Å². The summed E-state index contributed by atoms with van der Waals surface area (Å²) < 4.78 is 24.9. The summed E-state index contributed by atoms with van der Waals surface area (Å²) in [5, 5.41) is 3.20. The van der Waals surface area contributed by atoms with Gasteiger partial charge in [-0.25, -0.2) is 9.18 Å². The molecule has 1 aliphatic carbocycles. The second-order valence-corrected chi connectivity index (χ2v) is 7.81. The first-order valence-corrected chi connectivity index (χ1v) is 8.84. The van der Waals surface area contributed by atoms with E-state index >= 15 is 0 Å². The third-order valence-corrected chi connectivity index (χ3v) is 5.16. The number of benzene rings is 1. The van der Waals surface area contributed by atoms with Crippen LogP contribution in [0.5, 0.6) is 5.75 Å². The Balaban J connectivity index is 2.23. The summed E-state index contributed by atoms with van der Waals surface area (Å²) in [7, 11) is 2.73. The first-order valence-electron chi connectivity index (χ1n) is 8.84. The van der Waals surface area contributed by atoms with Crippen LogP contribution < -0.4 is 10.1 Å². The van der Waals surface area contributed by atoms with Gasteiger partial charge in [-0.1, -0.05) is 19.9 Å². The normalized spacial score (nSPS) is 21.6. The molecule has 0 radical (unpaired) electrons. The summed E-state index contributed by atoms with van der Waals surface area (Å²) in [6.07, 6.45) is 0.990. The van der Waals surface area contributed by atoms with Crippen molar-refractivity contribution >= 4 is 11.8 Å². The van der Waals surface area contributed by atoms with Gasteiger partial charge < -0.3 is 14.8 Å². The van der Waals surface area contributed by atoms with E-state index in [1.807, 2.05) is 13.8 Å². The fourth-order valence-electron chi connectivity index (χ4n) is 4.00. The highest BCUT2D eigenvalue weighted by Crippen LogP contribution is 2.47. The molecule has 1 aromatic rings. The molecule has 5 nitrogen and oxygen atoms in total. The predicted molar refractivity (Wildman–Crippen MR) is 98.6 cm³/mol. The molecule has 1 aromatic carbocycles. The van der Waals surface area contributed by atoms with E-state index in [9.17, 15) is 14.0 Å². The average Bonchev–Trinajstić information content (AvgIpc) is 2.58. The molecule has 0 saturated carbocycles. The number of hydrogen-bond donors (Lipinski definition) is 1. The van der Waals surface area contributed by atoms with Gasteiger partial charge in [0.2, 0.25) is 0 Å². The number of halogens is 1. The molecular formula is C21H24FNO4. The van der Waals surface area contributed by atoms with E-state index in [-0.39, 0.29) is 22.3 Å². The SMILES string of the molecule is COC(=O)C1=C(C)NC2=C(C(=O)CC(C)(C)C2)[C@H]1c1ccc(OC)cc1F. The molecule has 0 spiro atoms. The smallest absolute Gasteiger partial charge is 0.336 e. The molecule has 0 unspecified atom stereocenters. The van der Waals surface area contributed by atoms with Gasteiger partial charge in [-0.15, -0.1) is 0 Å². The third-order valence-electron chi connectivity index (χ3n) is 5.16. The Labute approximate surface area is 158 Å². The molecule has 0 fully saturated rings. The van der Waals surface area contributed by atoms with E-state index in [2.05, 4.69) is 5.32 Å². The molecule has 0 saturated heterocycles. The monoisotopic (exact) mass is 373 g/mol. The van der Waals surface area contributed by atoms with Gasteiger partial charge in [0.1, 0.15) is 11.6 Å². The van der Waals surface area contributed by atoms with Gasteiger partial charge in [-0.2, -0.15) is 0 Å². The molecule has 0 amide bonds. The van der Waals surface area contributed by atoms with Crippen molar-refractivity contribution in [3.63, 3.8) is 0 Å². The third kappa shape index (κ3) is 3.36. The van der Waals surface area contributed by atoms with Gasteiger partial charge in [0.25, 0.3) is 0 Å². The molecule has 0 bridgehead atoms. The van der Waals surface area contributed by atoms with Crippen LogP contribution >= 0.6 is 0 Å². The fourth-order valence-corrected chi connectivity index (χ4v) is 4.00. The van der Waals surface area contributed by atoms with Crippen LogP contribution in [0.3, 0.4) is 0 Å². The van der Waals surface area contributed by atoms with Crippen LogP contribution in [-0.2, 0) is 14.3 Å². The number of carbonyl (C=O) groups excluding carboxylic acids is 2. The quantitative estimate of drug-likeness (QED) is 0.820. The highest BCUT2D eigenvalue weighted by atomic mass is 19.1. The highest BCUT2D eigenvalue weighted by Gasteiger charge is 2.43. The van der Waals surface area contributed by atoms with E-state index in [0.717, 1.165) is 5.70 Å². The molecule has 27 heavy (non-hydrogen) atoms. The predicted octanol–water partition coefficient (Wildman–Crippen LogP) is 3.61. The minimum absolute atomic E-state index is 0.0807. The maximum atomic E-state index is 14.9. The maximum absolute atomic E-state index is 14.9. The van der Waals surface area contributed by atoms with Crippen molar-refractivity contribution in [2.24, 2.45) is 5.41 Å². The van der Waals surface area contributed by atoms with Gasteiger partial charge in [0, 0.05) is 35.0 Å². The van der Waals surface area contributed by atoms with Crippen molar-refractivity contribution in [2.75, 3.05) is 14.2 Å². The Morgan fingerprint density at radius 3 is 2.56 bits per heavy atom. The van der Waals surface area contributed by atoms with Crippen LogP contribution in [0.1, 0.15) is 45.1 Å². The van der Waals surface area contributed by atoms with E-state index in [4.69, 9.17) is 9.47 Å². The van der Waals surface area contributed by atoms with Crippen LogP contribution in [0, 0.1) is 11.2 Å². The summed E-state index contributed by atoms with van der Waals surface area (Å²) in [5.74, 6) is -1.62. The van der Waals surface area contributed by atoms with Crippen molar-refractivity contribution in [1.82, 2.24) is 5.32 Å². The maximum Gasteiger partial charge on any atom is 0.336 e.